The van der Waals surface area contributed by atoms with Gasteiger partial charge in [0.15, 0.2) is 0 Å². The molecule has 1 aliphatic heterocycles. The van der Waals surface area contributed by atoms with Crippen molar-refractivity contribution in [3.05, 3.63) is 29.8 Å². The summed E-state index contributed by atoms with van der Waals surface area (Å²) in [5, 5.41) is 13.1. The minimum atomic E-state index is 0.343. The molecule has 1 heterocycles. The summed E-state index contributed by atoms with van der Waals surface area (Å²) in [4.78, 5) is 0. The molecule has 0 bridgehead atoms. The van der Waals surface area contributed by atoms with Crippen molar-refractivity contribution in [2.24, 2.45) is 0 Å². The fourth-order valence-corrected chi connectivity index (χ4v) is 2.10. The number of hydrogen-bond donors (Lipinski definition) is 2. The number of ether oxygens (including phenoxy) is 1. The fourth-order valence-electron chi connectivity index (χ4n) is 2.10. The largest absolute Gasteiger partial charge is 0.508 e. The minimum Gasteiger partial charge on any atom is -0.508 e. The molecule has 0 aliphatic carbocycles. The zero-order valence-electron chi connectivity index (χ0n) is 9.65. The number of nitrogens with one attached hydrogen (secondary N) is 1. The number of rotatable bonds is 3. The zero-order valence-corrected chi connectivity index (χ0v) is 9.65. The first-order chi connectivity index (χ1) is 7.75. The Labute approximate surface area is 96.4 Å². The van der Waals surface area contributed by atoms with E-state index in [1.54, 1.807) is 6.07 Å². The highest BCUT2D eigenvalue weighted by molar-refractivity contribution is 5.31. The van der Waals surface area contributed by atoms with E-state index in [0.29, 0.717) is 17.9 Å². The van der Waals surface area contributed by atoms with Gasteiger partial charge in [-0.15, -0.1) is 0 Å². The Hall–Kier alpha value is -1.06. The maximum absolute atomic E-state index is 9.63. The van der Waals surface area contributed by atoms with Gasteiger partial charge in [0.2, 0.25) is 0 Å². The first-order valence-corrected chi connectivity index (χ1v) is 5.87. The highest BCUT2D eigenvalue weighted by atomic mass is 16.5. The molecule has 2 unspecified atom stereocenters. The van der Waals surface area contributed by atoms with Crippen LogP contribution in [0.25, 0.3) is 0 Å². The molecule has 0 saturated carbocycles. The normalized spacial score (nSPS) is 25.6. The van der Waals surface area contributed by atoms with Crippen LogP contribution in [0.3, 0.4) is 0 Å². The van der Waals surface area contributed by atoms with E-state index < -0.39 is 0 Å². The van der Waals surface area contributed by atoms with E-state index in [0.717, 1.165) is 31.6 Å². The quantitative estimate of drug-likeness (QED) is 0.820. The molecule has 1 aromatic carbocycles. The lowest BCUT2D eigenvalue weighted by Gasteiger charge is -2.28. The number of aromatic hydroxyl groups is 1. The van der Waals surface area contributed by atoms with Crippen LogP contribution in [0.1, 0.15) is 25.3 Å². The summed E-state index contributed by atoms with van der Waals surface area (Å²) in [7, 11) is 0. The highest BCUT2D eigenvalue weighted by Gasteiger charge is 2.18. The van der Waals surface area contributed by atoms with Crippen LogP contribution in [0.15, 0.2) is 24.3 Å². The van der Waals surface area contributed by atoms with Gasteiger partial charge >= 0.3 is 0 Å². The Kier molecular flexibility index (Phi) is 3.80. The van der Waals surface area contributed by atoms with Gasteiger partial charge in [0.25, 0.3) is 0 Å². The average molecular weight is 221 g/mol. The Morgan fingerprint density at radius 1 is 1.44 bits per heavy atom. The van der Waals surface area contributed by atoms with Crippen molar-refractivity contribution in [3.63, 3.8) is 0 Å². The summed E-state index contributed by atoms with van der Waals surface area (Å²) in [5.41, 5.74) is 0.960. The lowest BCUT2D eigenvalue weighted by Crippen LogP contribution is -2.37. The molecule has 2 atom stereocenters. The predicted octanol–water partition coefficient (Wildman–Crippen LogP) is 2.05. The topological polar surface area (TPSA) is 41.5 Å². The van der Waals surface area contributed by atoms with Crippen LogP contribution >= 0.6 is 0 Å². The summed E-state index contributed by atoms with van der Waals surface area (Å²) in [6, 6.07) is 7.97. The molecule has 3 nitrogen and oxygen atoms in total. The molecule has 1 saturated heterocycles. The number of phenolic OH excluding ortho intramolecular Hbond substituents is 1. The molecule has 3 heteroatoms. The molecule has 1 fully saturated rings. The number of para-hydroxylation sites is 1. The Morgan fingerprint density at radius 2 is 2.25 bits per heavy atom. The molecule has 0 spiro atoms. The predicted molar refractivity (Wildman–Crippen MR) is 63.4 cm³/mol. The molecule has 0 aromatic heterocycles. The van der Waals surface area contributed by atoms with E-state index in [4.69, 9.17) is 4.74 Å². The monoisotopic (exact) mass is 221 g/mol. The lowest BCUT2D eigenvalue weighted by molar-refractivity contribution is 0.0130. The average Bonchev–Trinajstić information content (AvgIpc) is 2.28. The van der Waals surface area contributed by atoms with Gasteiger partial charge in [0, 0.05) is 24.8 Å². The molecule has 16 heavy (non-hydrogen) atoms. The van der Waals surface area contributed by atoms with Crippen molar-refractivity contribution in [3.8, 4) is 5.75 Å². The Balaban J connectivity index is 1.85. The third-order valence-corrected chi connectivity index (χ3v) is 3.06. The number of benzene rings is 1. The van der Waals surface area contributed by atoms with Crippen LogP contribution in [0.5, 0.6) is 5.75 Å². The van der Waals surface area contributed by atoms with E-state index in [1.807, 2.05) is 18.2 Å². The third-order valence-electron chi connectivity index (χ3n) is 3.06. The van der Waals surface area contributed by atoms with Gasteiger partial charge in [-0.05, 0) is 25.8 Å². The molecule has 2 rings (SSSR count). The molecular formula is C13H19NO2. The van der Waals surface area contributed by atoms with Crippen molar-refractivity contribution in [2.45, 2.75) is 38.5 Å². The second-order valence-corrected chi connectivity index (χ2v) is 4.41. The zero-order chi connectivity index (χ0) is 11.4. The van der Waals surface area contributed by atoms with E-state index in [2.05, 4.69) is 12.2 Å². The van der Waals surface area contributed by atoms with Crippen LogP contribution in [0, 0.1) is 0 Å². The standard InChI is InChI=1S/C13H19NO2/c1-10-8-12(6-7-16-10)14-9-11-4-2-3-5-13(11)15/h2-5,10,12,14-15H,6-9H2,1H3. The van der Waals surface area contributed by atoms with Gasteiger partial charge in [-0.3, -0.25) is 0 Å². The molecule has 1 aromatic rings. The molecule has 0 radical (unpaired) electrons. The lowest BCUT2D eigenvalue weighted by atomic mass is 10.0. The summed E-state index contributed by atoms with van der Waals surface area (Å²) < 4.78 is 5.49. The van der Waals surface area contributed by atoms with Crippen LogP contribution in [0.4, 0.5) is 0 Å². The first kappa shape index (κ1) is 11.4. The van der Waals surface area contributed by atoms with E-state index in [9.17, 15) is 5.11 Å². The van der Waals surface area contributed by atoms with E-state index in [-0.39, 0.29) is 0 Å². The third kappa shape index (κ3) is 2.97. The Morgan fingerprint density at radius 3 is 3.00 bits per heavy atom. The summed E-state index contributed by atoms with van der Waals surface area (Å²) >= 11 is 0. The van der Waals surface area contributed by atoms with Gasteiger partial charge < -0.3 is 15.2 Å². The molecular weight excluding hydrogens is 202 g/mol. The van der Waals surface area contributed by atoms with Crippen molar-refractivity contribution in [1.82, 2.24) is 5.32 Å². The summed E-state index contributed by atoms with van der Waals surface area (Å²) in [5.74, 6) is 0.370. The van der Waals surface area contributed by atoms with Crippen molar-refractivity contribution in [1.29, 1.82) is 0 Å². The summed E-state index contributed by atoms with van der Waals surface area (Å²) in [6.07, 6.45) is 2.45. The second-order valence-electron chi connectivity index (χ2n) is 4.41. The van der Waals surface area contributed by atoms with Gasteiger partial charge in [0.1, 0.15) is 5.75 Å². The first-order valence-electron chi connectivity index (χ1n) is 5.87. The van der Waals surface area contributed by atoms with Gasteiger partial charge in [-0.1, -0.05) is 18.2 Å². The van der Waals surface area contributed by atoms with Crippen molar-refractivity contribution in [2.75, 3.05) is 6.61 Å². The maximum atomic E-state index is 9.63. The van der Waals surface area contributed by atoms with Crippen LogP contribution in [0.2, 0.25) is 0 Å². The van der Waals surface area contributed by atoms with Crippen molar-refractivity contribution < 1.29 is 9.84 Å². The van der Waals surface area contributed by atoms with Gasteiger partial charge in [-0.25, -0.2) is 0 Å². The molecule has 88 valence electrons. The van der Waals surface area contributed by atoms with Crippen LogP contribution in [-0.2, 0) is 11.3 Å². The highest BCUT2D eigenvalue weighted by Crippen LogP contribution is 2.17. The second kappa shape index (κ2) is 5.32. The number of phenols is 1. The number of hydrogen-bond acceptors (Lipinski definition) is 3. The minimum absolute atomic E-state index is 0.343. The summed E-state index contributed by atoms with van der Waals surface area (Å²) in [6.45, 7) is 3.66. The van der Waals surface area contributed by atoms with Gasteiger partial charge in [-0.2, -0.15) is 0 Å². The van der Waals surface area contributed by atoms with Crippen LogP contribution < -0.4 is 5.32 Å². The van der Waals surface area contributed by atoms with E-state index in [1.165, 1.54) is 0 Å². The van der Waals surface area contributed by atoms with E-state index >= 15 is 0 Å². The Bertz CT molecular complexity index is 340. The van der Waals surface area contributed by atoms with Crippen LogP contribution in [-0.4, -0.2) is 23.9 Å². The molecule has 2 N–H and O–H groups in total. The maximum Gasteiger partial charge on any atom is 0.120 e. The molecule has 0 amide bonds. The fraction of sp³-hybridized carbons (Fsp3) is 0.538. The molecule has 1 aliphatic rings. The van der Waals surface area contributed by atoms with Gasteiger partial charge in [0.05, 0.1) is 6.10 Å². The van der Waals surface area contributed by atoms with Crippen molar-refractivity contribution >= 4 is 0 Å². The smallest absolute Gasteiger partial charge is 0.120 e. The SMILES string of the molecule is CC1CC(NCc2ccccc2O)CCO1.